The van der Waals surface area contributed by atoms with Crippen LogP contribution in [0.15, 0.2) is 60.7 Å². The van der Waals surface area contributed by atoms with Crippen molar-refractivity contribution < 1.29 is 9.53 Å². The van der Waals surface area contributed by atoms with Crippen molar-refractivity contribution in [1.82, 2.24) is 4.90 Å². The van der Waals surface area contributed by atoms with Gasteiger partial charge in [0, 0.05) is 0 Å². The Morgan fingerprint density at radius 2 is 1.32 bits per heavy atom. The number of carbonyl (C=O) groups is 1. The lowest BCUT2D eigenvalue weighted by Crippen LogP contribution is -2.11. The van der Waals surface area contributed by atoms with E-state index < -0.39 is 0 Å². The van der Waals surface area contributed by atoms with Crippen molar-refractivity contribution in [3.63, 3.8) is 0 Å². The molecule has 1 saturated heterocycles. The minimum Gasteiger partial charge on any atom is -0.453 e. The van der Waals surface area contributed by atoms with E-state index in [4.69, 9.17) is 4.74 Å². The van der Waals surface area contributed by atoms with Crippen LogP contribution in [0.2, 0.25) is 0 Å². The standard InChI is InChI=1S/C16H15NO2/c1-19-16(18)17-14(12-8-4-2-5-9-12)15(17)13-10-6-3-7-11-13/h2-11,14-15H,1H3/t14-,15+,17?. The van der Waals surface area contributed by atoms with E-state index in [0.717, 1.165) is 11.1 Å². The molecule has 0 unspecified atom stereocenters. The molecule has 0 radical (unpaired) electrons. The fourth-order valence-corrected chi connectivity index (χ4v) is 2.55. The highest BCUT2D eigenvalue weighted by molar-refractivity contribution is 5.73. The first-order valence-electron chi connectivity index (χ1n) is 6.29. The molecule has 19 heavy (non-hydrogen) atoms. The molecular formula is C16H15NO2. The van der Waals surface area contributed by atoms with Gasteiger partial charge in [-0.2, -0.15) is 0 Å². The minimum atomic E-state index is -0.275. The number of methoxy groups -OCH3 is 1. The van der Waals surface area contributed by atoms with Crippen molar-refractivity contribution >= 4 is 6.09 Å². The highest BCUT2D eigenvalue weighted by Crippen LogP contribution is 2.54. The average molecular weight is 253 g/mol. The zero-order valence-electron chi connectivity index (χ0n) is 10.7. The lowest BCUT2D eigenvalue weighted by molar-refractivity contribution is 0.150. The first-order valence-corrected chi connectivity index (χ1v) is 6.29. The SMILES string of the molecule is COC(=O)N1[C@H](c2ccccc2)[C@@H]1c1ccccc1. The predicted molar refractivity (Wildman–Crippen MR) is 72.6 cm³/mol. The van der Waals surface area contributed by atoms with Crippen molar-refractivity contribution in [3.8, 4) is 0 Å². The molecule has 0 aliphatic carbocycles. The fourth-order valence-electron chi connectivity index (χ4n) is 2.55. The van der Waals surface area contributed by atoms with Crippen LogP contribution < -0.4 is 0 Å². The third kappa shape index (κ3) is 2.08. The van der Waals surface area contributed by atoms with E-state index in [1.54, 1.807) is 4.90 Å². The highest BCUT2D eigenvalue weighted by Gasteiger charge is 2.53. The van der Waals surface area contributed by atoms with Gasteiger partial charge in [0.05, 0.1) is 19.2 Å². The van der Waals surface area contributed by atoms with Gasteiger partial charge < -0.3 is 4.74 Å². The topological polar surface area (TPSA) is 29.3 Å². The van der Waals surface area contributed by atoms with Gasteiger partial charge in [-0.15, -0.1) is 0 Å². The van der Waals surface area contributed by atoms with Crippen LogP contribution in [0.4, 0.5) is 4.79 Å². The van der Waals surface area contributed by atoms with Crippen molar-refractivity contribution in [2.24, 2.45) is 0 Å². The van der Waals surface area contributed by atoms with Gasteiger partial charge in [0.25, 0.3) is 0 Å². The fraction of sp³-hybridized carbons (Fsp3) is 0.188. The zero-order valence-corrected chi connectivity index (χ0v) is 10.7. The first kappa shape index (κ1) is 11.8. The van der Waals surface area contributed by atoms with Gasteiger partial charge in [0.15, 0.2) is 0 Å². The number of hydrogen-bond acceptors (Lipinski definition) is 2. The number of carbonyl (C=O) groups excluding carboxylic acids is 1. The van der Waals surface area contributed by atoms with Gasteiger partial charge >= 0.3 is 6.09 Å². The number of nitrogens with zero attached hydrogens (tertiary/aromatic N) is 1. The molecule has 2 aromatic rings. The Kier molecular flexibility index (Phi) is 2.95. The molecule has 1 fully saturated rings. The molecule has 3 heteroatoms. The van der Waals surface area contributed by atoms with E-state index in [9.17, 15) is 4.79 Å². The van der Waals surface area contributed by atoms with Gasteiger partial charge in [-0.1, -0.05) is 60.7 Å². The van der Waals surface area contributed by atoms with Gasteiger partial charge in [-0.05, 0) is 11.1 Å². The maximum absolute atomic E-state index is 11.8. The Labute approximate surface area is 112 Å². The monoisotopic (exact) mass is 253 g/mol. The first-order chi connectivity index (χ1) is 9.33. The molecule has 1 aliphatic rings. The summed E-state index contributed by atoms with van der Waals surface area (Å²) in [5.41, 5.74) is 2.28. The Morgan fingerprint density at radius 3 is 1.68 bits per heavy atom. The zero-order chi connectivity index (χ0) is 13.2. The van der Waals surface area contributed by atoms with Crippen molar-refractivity contribution in [2.45, 2.75) is 12.1 Å². The molecular weight excluding hydrogens is 238 g/mol. The number of rotatable bonds is 2. The van der Waals surface area contributed by atoms with Crippen molar-refractivity contribution in [2.75, 3.05) is 7.11 Å². The Balaban J connectivity index is 1.93. The van der Waals surface area contributed by atoms with Gasteiger partial charge in [0.2, 0.25) is 0 Å². The highest BCUT2D eigenvalue weighted by atomic mass is 16.5. The van der Waals surface area contributed by atoms with Gasteiger partial charge in [0.1, 0.15) is 0 Å². The molecule has 1 heterocycles. The van der Waals surface area contributed by atoms with Crippen molar-refractivity contribution in [3.05, 3.63) is 71.8 Å². The summed E-state index contributed by atoms with van der Waals surface area (Å²) < 4.78 is 4.86. The largest absolute Gasteiger partial charge is 0.453 e. The number of amides is 1. The Hall–Kier alpha value is -2.29. The minimum absolute atomic E-state index is 0.0797. The molecule has 96 valence electrons. The maximum atomic E-state index is 11.8. The van der Waals surface area contributed by atoms with E-state index in [-0.39, 0.29) is 18.2 Å². The molecule has 1 aliphatic heterocycles. The van der Waals surface area contributed by atoms with Crippen LogP contribution in [-0.4, -0.2) is 18.1 Å². The van der Waals surface area contributed by atoms with Crippen LogP contribution in [0.3, 0.4) is 0 Å². The third-order valence-electron chi connectivity index (χ3n) is 3.48. The summed E-state index contributed by atoms with van der Waals surface area (Å²) in [6.45, 7) is 0. The molecule has 3 nitrogen and oxygen atoms in total. The quantitative estimate of drug-likeness (QED) is 0.766. The van der Waals surface area contributed by atoms with E-state index in [0.29, 0.717) is 0 Å². The van der Waals surface area contributed by atoms with Crippen LogP contribution >= 0.6 is 0 Å². The third-order valence-corrected chi connectivity index (χ3v) is 3.48. The molecule has 0 bridgehead atoms. The molecule has 0 aromatic heterocycles. The Bertz CT molecular complexity index is 522. The summed E-state index contributed by atoms with van der Waals surface area (Å²) in [4.78, 5) is 13.6. The van der Waals surface area contributed by atoms with E-state index in [1.165, 1.54) is 7.11 Å². The molecule has 0 saturated carbocycles. The number of ether oxygens (including phenoxy) is 1. The number of hydrogen-bond donors (Lipinski definition) is 0. The molecule has 2 atom stereocenters. The Morgan fingerprint density at radius 1 is 0.895 bits per heavy atom. The summed E-state index contributed by atoms with van der Waals surface area (Å²) in [7, 11) is 1.42. The van der Waals surface area contributed by atoms with Crippen LogP contribution in [0, 0.1) is 0 Å². The second-order valence-corrected chi connectivity index (χ2v) is 4.59. The van der Waals surface area contributed by atoms with Gasteiger partial charge in [-0.3, -0.25) is 4.90 Å². The molecule has 1 amide bonds. The summed E-state index contributed by atoms with van der Waals surface area (Å²) >= 11 is 0. The van der Waals surface area contributed by atoms with E-state index >= 15 is 0 Å². The second kappa shape index (κ2) is 4.76. The van der Waals surface area contributed by atoms with Crippen LogP contribution in [0.1, 0.15) is 23.2 Å². The molecule has 0 spiro atoms. The van der Waals surface area contributed by atoms with E-state index in [1.807, 2.05) is 60.7 Å². The van der Waals surface area contributed by atoms with Crippen LogP contribution in [-0.2, 0) is 4.74 Å². The molecule has 2 aromatic carbocycles. The molecule has 0 N–H and O–H groups in total. The van der Waals surface area contributed by atoms with Crippen molar-refractivity contribution in [1.29, 1.82) is 0 Å². The second-order valence-electron chi connectivity index (χ2n) is 4.59. The lowest BCUT2D eigenvalue weighted by Gasteiger charge is -2.02. The van der Waals surface area contributed by atoms with E-state index in [2.05, 4.69) is 0 Å². The summed E-state index contributed by atoms with van der Waals surface area (Å²) in [6, 6.07) is 20.3. The van der Waals surface area contributed by atoms with Crippen LogP contribution in [0.5, 0.6) is 0 Å². The summed E-state index contributed by atoms with van der Waals surface area (Å²) in [5.74, 6) is 0. The van der Waals surface area contributed by atoms with Crippen LogP contribution in [0.25, 0.3) is 0 Å². The smallest absolute Gasteiger partial charge is 0.410 e. The lowest BCUT2D eigenvalue weighted by atomic mass is 10.0. The predicted octanol–water partition coefficient (Wildman–Crippen LogP) is 3.55. The van der Waals surface area contributed by atoms with Gasteiger partial charge in [-0.25, -0.2) is 4.79 Å². The summed E-state index contributed by atoms with van der Waals surface area (Å²) in [6.07, 6.45) is -0.275. The molecule has 3 rings (SSSR count). The normalized spacial score (nSPS) is 21.0. The average Bonchev–Trinajstić information content (AvgIpc) is 3.24. The number of benzene rings is 2. The summed E-state index contributed by atoms with van der Waals surface area (Å²) in [5, 5.41) is 0. The maximum Gasteiger partial charge on any atom is 0.410 e.